The van der Waals surface area contributed by atoms with Gasteiger partial charge in [-0.2, -0.15) is 0 Å². The van der Waals surface area contributed by atoms with Gasteiger partial charge in [-0.15, -0.1) is 0 Å². The molecule has 2 aromatic carbocycles. The molecule has 128 valence electrons. The number of ether oxygens (including phenoxy) is 1. The van der Waals surface area contributed by atoms with Crippen LogP contribution >= 0.6 is 0 Å². The summed E-state index contributed by atoms with van der Waals surface area (Å²) in [5, 5.41) is 5.75. The summed E-state index contributed by atoms with van der Waals surface area (Å²) in [5.41, 5.74) is 1.66. The fourth-order valence-corrected chi connectivity index (χ4v) is 3.30. The first-order valence-corrected chi connectivity index (χ1v) is 8.35. The fourth-order valence-electron chi connectivity index (χ4n) is 3.30. The standard InChI is InChI=1S/C19H19N3O3/c23-18-16-10-14(25-17-9-5-4-8-15(17)21-18)12-22(16)19(24)20-11-13-6-2-1-3-7-13/h1-9,14,16H,10-12H2,(H,20,24)(H,21,23). The Balaban J connectivity index is 1.48. The van der Waals surface area contributed by atoms with E-state index in [1.54, 1.807) is 11.0 Å². The molecule has 4 rings (SSSR count). The number of rotatable bonds is 2. The van der Waals surface area contributed by atoms with Gasteiger partial charge in [0, 0.05) is 13.0 Å². The molecule has 2 unspecified atom stereocenters. The Bertz CT molecular complexity index is 794. The van der Waals surface area contributed by atoms with Gasteiger partial charge in [0.15, 0.2) is 0 Å². The Labute approximate surface area is 145 Å². The Morgan fingerprint density at radius 1 is 1.16 bits per heavy atom. The summed E-state index contributed by atoms with van der Waals surface area (Å²) in [6.07, 6.45) is 0.318. The number of likely N-dealkylation sites (tertiary alicyclic amines) is 1. The molecule has 0 saturated carbocycles. The van der Waals surface area contributed by atoms with E-state index in [1.165, 1.54) is 0 Å². The predicted octanol–water partition coefficient (Wildman–Crippen LogP) is 2.37. The molecule has 6 heteroatoms. The van der Waals surface area contributed by atoms with Crippen LogP contribution in [0.5, 0.6) is 5.75 Å². The number of nitrogens with zero attached hydrogens (tertiary/aromatic N) is 1. The van der Waals surface area contributed by atoms with E-state index in [0.29, 0.717) is 30.9 Å². The number of fused-ring (bicyclic) bond motifs is 3. The zero-order chi connectivity index (χ0) is 17.2. The number of amides is 3. The van der Waals surface area contributed by atoms with Gasteiger partial charge in [-0.1, -0.05) is 42.5 Å². The van der Waals surface area contributed by atoms with Crippen molar-refractivity contribution in [2.45, 2.75) is 25.1 Å². The predicted molar refractivity (Wildman–Crippen MR) is 93.3 cm³/mol. The van der Waals surface area contributed by atoms with Crippen molar-refractivity contribution in [3.05, 3.63) is 60.2 Å². The van der Waals surface area contributed by atoms with Crippen molar-refractivity contribution in [3.63, 3.8) is 0 Å². The third-order valence-electron chi connectivity index (χ3n) is 4.55. The van der Waals surface area contributed by atoms with Gasteiger partial charge in [-0.25, -0.2) is 4.79 Å². The molecule has 25 heavy (non-hydrogen) atoms. The van der Waals surface area contributed by atoms with Crippen molar-refractivity contribution >= 4 is 17.6 Å². The molecule has 2 aliphatic rings. The van der Waals surface area contributed by atoms with Gasteiger partial charge in [0.1, 0.15) is 17.9 Å². The number of carbonyl (C=O) groups is 2. The van der Waals surface area contributed by atoms with Crippen LogP contribution < -0.4 is 15.4 Å². The van der Waals surface area contributed by atoms with E-state index in [-0.39, 0.29) is 18.0 Å². The van der Waals surface area contributed by atoms with Gasteiger partial charge in [0.25, 0.3) is 0 Å². The normalized spacial score (nSPS) is 21.4. The first-order valence-electron chi connectivity index (χ1n) is 8.35. The molecule has 2 heterocycles. The minimum absolute atomic E-state index is 0.173. The third kappa shape index (κ3) is 3.15. The largest absolute Gasteiger partial charge is 0.486 e. The lowest BCUT2D eigenvalue weighted by Gasteiger charge is -2.24. The number of urea groups is 1. The van der Waals surface area contributed by atoms with Crippen LogP contribution in [0.3, 0.4) is 0 Å². The molecule has 2 bridgehead atoms. The second-order valence-corrected chi connectivity index (χ2v) is 6.27. The molecule has 0 radical (unpaired) electrons. The maximum Gasteiger partial charge on any atom is 0.318 e. The van der Waals surface area contributed by atoms with E-state index in [2.05, 4.69) is 10.6 Å². The van der Waals surface area contributed by atoms with Crippen LogP contribution in [0.4, 0.5) is 10.5 Å². The van der Waals surface area contributed by atoms with Crippen LogP contribution in [0.1, 0.15) is 12.0 Å². The van der Waals surface area contributed by atoms with Crippen molar-refractivity contribution in [2.24, 2.45) is 0 Å². The van der Waals surface area contributed by atoms with Crippen LogP contribution in [0, 0.1) is 0 Å². The monoisotopic (exact) mass is 337 g/mol. The number of carbonyl (C=O) groups excluding carboxylic acids is 2. The van der Waals surface area contributed by atoms with E-state index >= 15 is 0 Å². The van der Waals surface area contributed by atoms with Crippen molar-refractivity contribution in [1.82, 2.24) is 10.2 Å². The summed E-state index contributed by atoms with van der Waals surface area (Å²) in [5.74, 6) is 0.471. The molecule has 6 nitrogen and oxygen atoms in total. The number of nitrogens with one attached hydrogen (secondary N) is 2. The zero-order valence-corrected chi connectivity index (χ0v) is 13.6. The van der Waals surface area contributed by atoms with Crippen molar-refractivity contribution in [2.75, 3.05) is 11.9 Å². The third-order valence-corrected chi connectivity index (χ3v) is 4.55. The van der Waals surface area contributed by atoms with Gasteiger partial charge >= 0.3 is 6.03 Å². The first kappa shape index (κ1) is 15.5. The van der Waals surface area contributed by atoms with E-state index in [4.69, 9.17) is 4.74 Å². The van der Waals surface area contributed by atoms with Gasteiger partial charge in [0.2, 0.25) is 5.91 Å². The lowest BCUT2D eigenvalue weighted by molar-refractivity contribution is -0.119. The number of anilines is 1. The zero-order valence-electron chi connectivity index (χ0n) is 13.6. The van der Waals surface area contributed by atoms with E-state index in [9.17, 15) is 9.59 Å². The molecule has 2 N–H and O–H groups in total. The molecule has 0 spiro atoms. The lowest BCUT2D eigenvalue weighted by Crippen LogP contribution is -2.47. The Morgan fingerprint density at radius 2 is 1.92 bits per heavy atom. The second kappa shape index (κ2) is 6.47. The van der Waals surface area contributed by atoms with Gasteiger partial charge in [0.05, 0.1) is 12.2 Å². The van der Waals surface area contributed by atoms with Crippen LogP contribution in [0.25, 0.3) is 0 Å². The van der Waals surface area contributed by atoms with Crippen molar-refractivity contribution in [1.29, 1.82) is 0 Å². The maximum absolute atomic E-state index is 12.6. The van der Waals surface area contributed by atoms with Crippen molar-refractivity contribution in [3.8, 4) is 5.75 Å². The average Bonchev–Trinajstić information content (AvgIpc) is 3.07. The first-order chi connectivity index (χ1) is 12.2. The fraction of sp³-hybridized carbons (Fsp3) is 0.263. The van der Waals surface area contributed by atoms with E-state index in [0.717, 1.165) is 5.56 Å². The van der Waals surface area contributed by atoms with Crippen LogP contribution in [0.2, 0.25) is 0 Å². The molecule has 0 aromatic heterocycles. The summed E-state index contributed by atoms with van der Waals surface area (Å²) in [6, 6.07) is 16.3. The number of benzene rings is 2. The van der Waals surface area contributed by atoms with E-state index in [1.807, 2.05) is 48.5 Å². The van der Waals surface area contributed by atoms with E-state index < -0.39 is 6.04 Å². The quantitative estimate of drug-likeness (QED) is 0.884. The molecule has 2 aromatic rings. The van der Waals surface area contributed by atoms with Gasteiger partial charge in [-0.3, -0.25) is 4.79 Å². The second-order valence-electron chi connectivity index (χ2n) is 6.27. The SMILES string of the molecule is O=C1Nc2ccccc2OC2CC1N(C(=O)NCc1ccccc1)C2. The highest BCUT2D eigenvalue weighted by Crippen LogP contribution is 2.32. The number of hydrogen-bond acceptors (Lipinski definition) is 3. The molecular formula is C19H19N3O3. The summed E-state index contributed by atoms with van der Waals surface area (Å²) < 4.78 is 5.98. The molecule has 0 aliphatic carbocycles. The molecule has 1 fully saturated rings. The maximum atomic E-state index is 12.6. The summed E-state index contributed by atoms with van der Waals surface area (Å²) in [7, 11) is 0. The molecule has 3 amide bonds. The van der Waals surface area contributed by atoms with Gasteiger partial charge < -0.3 is 20.3 Å². The highest BCUT2D eigenvalue weighted by atomic mass is 16.5. The van der Waals surface area contributed by atoms with Crippen molar-refractivity contribution < 1.29 is 14.3 Å². The Kier molecular flexibility index (Phi) is 4.01. The topological polar surface area (TPSA) is 70.7 Å². The smallest absolute Gasteiger partial charge is 0.318 e. The average molecular weight is 337 g/mol. The highest BCUT2D eigenvalue weighted by molar-refractivity contribution is 5.98. The summed E-state index contributed by atoms with van der Waals surface area (Å²) in [4.78, 5) is 26.7. The Morgan fingerprint density at radius 3 is 2.76 bits per heavy atom. The number of hydrogen-bond donors (Lipinski definition) is 2. The number of para-hydroxylation sites is 2. The summed E-state index contributed by atoms with van der Waals surface area (Å²) in [6.45, 7) is 0.823. The molecule has 2 aliphatic heterocycles. The van der Waals surface area contributed by atoms with Gasteiger partial charge in [-0.05, 0) is 17.7 Å². The lowest BCUT2D eigenvalue weighted by atomic mass is 10.1. The summed E-state index contributed by atoms with van der Waals surface area (Å²) >= 11 is 0. The van der Waals surface area contributed by atoms with Crippen LogP contribution in [-0.2, 0) is 11.3 Å². The molecular weight excluding hydrogens is 318 g/mol. The van der Waals surface area contributed by atoms with Crippen LogP contribution in [-0.4, -0.2) is 35.5 Å². The minimum atomic E-state index is -0.519. The molecule has 1 saturated heterocycles. The minimum Gasteiger partial charge on any atom is -0.486 e. The highest BCUT2D eigenvalue weighted by Gasteiger charge is 2.42. The molecule has 2 atom stereocenters. The van der Waals surface area contributed by atoms with Crippen LogP contribution in [0.15, 0.2) is 54.6 Å². The Hall–Kier alpha value is -3.02.